The molecule has 3 rings (SSSR count). The maximum atomic E-state index is 14.0. The van der Waals surface area contributed by atoms with Crippen molar-refractivity contribution < 1.29 is 27.1 Å². The number of ether oxygens (including phenoxy) is 2. The molecule has 0 fully saturated rings. The molecule has 1 atom stereocenters. The van der Waals surface area contributed by atoms with E-state index in [1.165, 1.54) is 30.6 Å². The number of methoxy groups -OCH3 is 2. The molecule has 0 radical (unpaired) electrons. The van der Waals surface area contributed by atoms with Crippen LogP contribution < -0.4 is 19.5 Å². The zero-order valence-electron chi connectivity index (χ0n) is 18.5. The second kappa shape index (κ2) is 10.3. The molecule has 0 spiro atoms. The number of hydrogen-bond donors (Lipinski definition) is 2. The Balaban J connectivity index is 1.81. The summed E-state index contributed by atoms with van der Waals surface area (Å²) in [5.74, 6) is -0.721. The van der Waals surface area contributed by atoms with E-state index in [-0.39, 0.29) is 5.13 Å². The van der Waals surface area contributed by atoms with Gasteiger partial charge in [-0.15, -0.1) is 11.3 Å². The fourth-order valence-corrected chi connectivity index (χ4v) is 5.17. The minimum absolute atomic E-state index is 0.274. The fourth-order valence-electron chi connectivity index (χ4n) is 3.04. The third kappa shape index (κ3) is 5.67. The number of sulfonamides is 1. The molecule has 0 aliphatic heterocycles. The van der Waals surface area contributed by atoms with Crippen LogP contribution in [0.15, 0.2) is 52.7 Å². The quantitative estimate of drug-likeness (QED) is 0.468. The predicted molar refractivity (Wildman–Crippen MR) is 125 cm³/mol. The Morgan fingerprint density at radius 1 is 1.12 bits per heavy atom. The van der Waals surface area contributed by atoms with Crippen LogP contribution in [0.1, 0.15) is 13.8 Å². The van der Waals surface area contributed by atoms with Gasteiger partial charge in [0.05, 0.1) is 19.9 Å². The van der Waals surface area contributed by atoms with Crippen molar-refractivity contribution in [2.45, 2.75) is 24.8 Å². The third-order valence-corrected chi connectivity index (χ3v) is 7.01. The van der Waals surface area contributed by atoms with E-state index in [4.69, 9.17) is 9.47 Å². The Labute approximate surface area is 195 Å². The van der Waals surface area contributed by atoms with Gasteiger partial charge in [-0.05, 0) is 36.2 Å². The first-order valence-electron chi connectivity index (χ1n) is 9.92. The van der Waals surface area contributed by atoms with E-state index in [1.54, 1.807) is 44.5 Å². The van der Waals surface area contributed by atoms with E-state index in [2.05, 4.69) is 15.0 Å². The molecule has 0 saturated heterocycles. The monoisotopic (exact) mass is 493 g/mol. The average molecular weight is 494 g/mol. The zero-order valence-corrected chi connectivity index (χ0v) is 20.1. The standard InChI is InChI=1S/C22H24FN3O5S2/c1-13(2)20(26-33(28,29)19-8-6-5-7-16(19)23)21(27)25-22-24-17(12-32-22)15-11-14(30-3)9-10-18(15)31-4/h5-13,20,26H,1-4H3,(H,24,25,27)/t20-/m0/s1. The Morgan fingerprint density at radius 2 is 1.85 bits per heavy atom. The van der Waals surface area contributed by atoms with E-state index in [0.29, 0.717) is 22.8 Å². The van der Waals surface area contributed by atoms with Crippen LogP contribution in [0.3, 0.4) is 0 Å². The minimum atomic E-state index is -4.26. The minimum Gasteiger partial charge on any atom is -0.497 e. The second-order valence-electron chi connectivity index (χ2n) is 7.37. The number of amides is 1. The fraction of sp³-hybridized carbons (Fsp3) is 0.273. The van der Waals surface area contributed by atoms with Crippen LogP contribution in [0.25, 0.3) is 11.3 Å². The summed E-state index contributed by atoms with van der Waals surface area (Å²) in [7, 11) is -1.17. The topological polar surface area (TPSA) is 107 Å². The molecule has 11 heteroatoms. The van der Waals surface area contributed by atoms with Gasteiger partial charge in [0, 0.05) is 10.9 Å². The van der Waals surface area contributed by atoms with Crippen LogP contribution in [0.2, 0.25) is 0 Å². The molecule has 33 heavy (non-hydrogen) atoms. The van der Waals surface area contributed by atoms with E-state index in [1.807, 2.05) is 0 Å². The van der Waals surface area contributed by atoms with Gasteiger partial charge in [-0.1, -0.05) is 26.0 Å². The molecule has 0 saturated carbocycles. The summed E-state index contributed by atoms with van der Waals surface area (Å²) in [6.07, 6.45) is 0. The number of anilines is 1. The number of carbonyl (C=O) groups is 1. The van der Waals surface area contributed by atoms with Crippen molar-refractivity contribution in [1.82, 2.24) is 9.71 Å². The zero-order chi connectivity index (χ0) is 24.2. The Hall–Kier alpha value is -3.02. The molecule has 0 aliphatic carbocycles. The number of thiazole rings is 1. The molecule has 0 bridgehead atoms. The highest BCUT2D eigenvalue weighted by Gasteiger charge is 2.30. The molecule has 1 aromatic heterocycles. The molecular weight excluding hydrogens is 469 g/mol. The van der Waals surface area contributed by atoms with Crippen molar-refractivity contribution >= 4 is 32.4 Å². The van der Waals surface area contributed by atoms with Crippen LogP contribution in [-0.2, 0) is 14.8 Å². The van der Waals surface area contributed by atoms with Crippen molar-refractivity contribution in [3.05, 3.63) is 53.7 Å². The van der Waals surface area contributed by atoms with Crippen molar-refractivity contribution in [1.29, 1.82) is 0 Å². The van der Waals surface area contributed by atoms with Crippen molar-refractivity contribution in [3.63, 3.8) is 0 Å². The summed E-state index contributed by atoms with van der Waals surface area (Å²) in [5.41, 5.74) is 1.23. The lowest BCUT2D eigenvalue weighted by atomic mass is 10.1. The van der Waals surface area contributed by atoms with E-state index >= 15 is 0 Å². The maximum Gasteiger partial charge on any atom is 0.244 e. The number of halogens is 1. The van der Waals surface area contributed by atoms with E-state index in [0.717, 1.165) is 12.1 Å². The number of rotatable bonds is 9. The van der Waals surface area contributed by atoms with Crippen LogP contribution in [-0.4, -0.2) is 39.6 Å². The van der Waals surface area contributed by atoms with Gasteiger partial charge in [-0.25, -0.2) is 17.8 Å². The van der Waals surface area contributed by atoms with Crippen LogP contribution in [0, 0.1) is 11.7 Å². The van der Waals surface area contributed by atoms with Gasteiger partial charge in [0.25, 0.3) is 0 Å². The summed E-state index contributed by atoms with van der Waals surface area (Å²) in [6.45, 7) is 3.37. The van der Waals surface area contributed by atoms with Crippen molar-refractivity contribution in [2.24, 2.45) is 5.92 Å². The normalized spacial score (nSPS) is 12.4. The van der Waals surface area contributed by atoms with Crippen molar-refractivity contribution in [3.8, 4) is 22.8 Å². The molecule has 1 amide bonds. The Morgan fingerprint density at radius 3 is 2.48 bits per heavy atom. The van der Waals surface area contributed by atoms with Gasteiger partial charge in [-0.3, -0.25) is 4.79 Å². The summed E-state index contributed by atoms with van der Waals surface area (Å²) in [5, 5.41) is 4.65. The molecular formula is C22H24FN3O5S2. The highest BCUT2D eigenvalue weighted by molar-refractivity contribution is 7.89. The number of aromatic nitrogens is 1. The number of benzene rings is 2. The summed E-state index contributed by atoms with van der Waals surface area (Å²) >= 11 is 1.17. The molecule has 1 heterocycles. The molecule has 0 unspecified atom stereocenters. The lowest BCUT2D eigenvalue weighted by Crippen LogP contribution is -2.47. The maximum absolute atomic E-state index is 14.0. The van der Waals surface area contributed by atoms with Gasteiger partial charge < -0.3 is 14.8 Å². The van der Waals surface area contributed by atoms with E-state index < -0.39 is 38.6 Å². The SMILES string of the molecule is COc1ccc(OC)c(-c2csc(NC(=O)[C@@H](NS(=O)(=O)c3ccccc3F)C(C)C)n2)c1. The number of carbonyl (C=O) groups excluding carboxylic acids is 1. The van der Waals surface area contributed by atoms with Gasteiger partial charge >= 0.3 is 0 Å². The molecule has 2 N–H and O–H groups in total. The highest BCUT2D eigenvalue weighted by Crippen LogP contribution is 2.35. The lowest BCUT2D eigenvalue weighted by Gasteiger charge is -2.21. The van der Waals surface area contributed by atoms with Crippen molar-refractivity contribution in [2.75, 3.05) is 19.5 Å². The van der Waals surface area contributed by atoms with E-state index in [9.17, 15) is 17.6 Å². The second-order valence-corrected chi connectivity index (χ2v) is 9.91. The van der Waals surface area contributed by atoms with Gasteiger partial charge in [0.15, 0.2) is 5.13 Å². The van der Waals surface area contributed by atoms with Gasteiger partial charge in [-0.2, -0.15) is 4.72 Å². The summed E-state index contributed by atoms with van der Waals surface area (Å²) in [4.78, 5) is 16.8. The van der Waals surface area contributed by atoms with Crippen LogP contribution in [0.4, 0.5) is 9.52 Å². The largest absolute Gasteiger partial charge is 0.497 e. The highest BCUT2D eigenvalue weighted by atomic mass is 32.2. The number of hydrogen-bond acceptors (Lipinski definition) is 7. The van der Waals surface area contributed by atoms with Crippen LogP contribution >= 0.6 is 11.3 Å². The summed E-state index contributed by atoms with van der Waals surface area (Å²) in [6, 6.07) is 9.10. The third-order valence-electron chi connectivity index (χ3n) is 4.77. The molecule has 8 nitrogen and oxygen atoms in total. The Kier molecular flexibility index (Phi) is 7.67. The molecule has 176 valence electrons. The van der Waals surface area contributed by atoms with Gasteiger partial charge in [0.2, 0.25) is 15.9 Å². The number of nitrogens with one attached hydrogen (secondary N) is 2. The molecule has 0 aliphatic rings. The molecule has 2 aromatic carbocycles. The van der Waals surface area contributed by atoms with Crippen LogP contribution in [0.5, 0.6) is 11.5 Å². The smallest absolute Gasteiger partial charge is 0.244 e. The first kappa shape index (κ1) is 24.6. The first-order chi connectivity index (χ1) is 15.7. The molecule has 3 aromatic rings. The number of nitrogens with zero attached hydrogens (tertiary/aromatic N) is 1. The van der Waals surface area contributed by atoms with Gasteiger partial charge in [0.1, 0.15) is 28.3 Å². The first-order valence-corrected chi connectivity index (χ1v) is 12.3. The average Bonchev–Trinajstić information content (AvgIpc) is 3.25. The predicted octanol–water partition coefficient (Wildman–Crippen LogP) is 3.91. The lowest BCUT2D eigenvalue weighted by molar-refractivity contribution is -0.118. The summed E-state index contributed by atoms with van der Waals surface area (Å²) < 4.78 is 52.3. The Bertz CT molecular complexity index is 1240.